The van der Waals surface area contributed by atoms with Crippen molar-refractivity contribution >= 4 is 0 Å². The van der Waals surface area contributed by atoms with Crippen LogP contribution < -0.4 is 0 Å². The number of rotatable bonds is 4. The predicted octanol–water partition coefficient (Wildman–Crippen LogP) is 3.81. The maximum atomic E-state index is 14.5. The van der Waals surface area contributed by atoms with E-state index < -0.39 is 34.9 Å². The van der Waals surface area contributed by atoms with Crippen molar-refractivity contribution in [1.82, 2.24) is 0 Å². The van der Waals surface area contributed by atoms with E-state index in [1.807, 2.05) is 0 Å². The van der Waals surface area contributed by atoms with Gasteiger partial charge in [0.15, 0.2) is 0 Å². The van der Waals surface area contributed by atoms with Crippen LogP contribution in [0.1, 0.15) is 17.2 Å². The van der Waals surface area contributed by atoms with Crippen LogP contribution in [0.25, 0.3) is 0 Å². The molecule has 7 heteroatoms. The number of aliphatic hydroxyl groups excluding tert-OH is 1. The van der Waals surface area contributed by atoms with Gasteiger partial charge in [0.05, 0.1) is 0 Å². The van der Waals surface area contributed by atoms with Crippen LogP contribution in [0, 0.1) is 0 Å². The van der Waals surface area contributed by atoms with Gasteiger partial charge in [-0.15, -0.1) is 0 Å². The van der Waals surface area contributed by atoms with E-state index in [0.29, 0.717) is 0 Å². The molecule has 0 unspecified atom stereocenters. The second kappa shape index (κ2) is 5.90. The van der Waals surface area contributed by atoms with Crippen molar-refractivity contribution in [2.45, 2.75) is 23.8 Å². The van der Waals surface area contributed by atoms with Gasteiger partial charge in [0.2, 0.25) is 0 Å². The fourth-order valence-electron chi connectivity index (χ4n) is 2.27. The van der Waals surface area contributed by atoms with Crippen molar-refractivity contribution in [1.29, 1.82) is 0 Å². The van der Waals surface area contributed by atoms with Gasteiger partial charge < -0.3 is 10.2 Å². The number of alkyl halides is 5. The van der Waals surface area contributed by atoms with Gasteiger partial charge in [0.25, 0.3) is 5.60 Å². The summed E-state index contributed by atoms with van der Waals surface area (Å²) >= 11 is 0. The average Bonchev–Trinajstić information content (AvgIpc) is 2.53. The molecule has 0 aliphatic heterocycles. The standard InChI is InChI=1S/C16H13F5O2/c17-15(18,13(22)11-7-3-1-4-8-11)14(23,16(19,20)21)12-9-5-2-6-10-12/h1-10,13,22-23H/t13-,14-/m0/s1. The van der Waals surface area contributed by atoms with E-state index in [1.165, 1.54) is 24.3 Å². The maximum Gasteiger partial charge on any atom is 0.427 e. The number of aliphatic hydroxyl groups is 2. The molecular formula is C16H13F5O2. The van der Waals surface area contributed by atoms with Gasteiger partial charge in [-0.05, 0) is 11.1 Å². The second-order valence-electron chi connectivity index (χ2n) is 5.01. The molecule has 0 saturated heterocycles. The molecule has 0 spiro atoms. The number of halogens is 5. The maximum absolute atomic E-state index is 14.5. The Morgan fingerprint density at radius 3 is 1.61 bits per heavy atom. The minimum Gasteiger partial charge on any atom is -0.382 e. The zero-order valence-corrected chi connectivity index (χ0v) is 11.6. The van der Waals surface area contributed by atoms with Crippen LogP contribution >= 0.6 is 0 Å². The smallest absolute Gasteiger partial charge is 0.382 e. The lowest BCUT2D eigenvalue weighted by Gasteiger charge is -2.39. The van der Waals surface area contributed by atoms with Crippen molar-refractivity contribution in [3.63, 3.8) is 0 Å². The van der Waals surface area contributed by atoms with E-state index in [2.05, 4.69) is 0 Å². The number of hydrogen-bond donors (Lipinski definition) is 2. The predicted molar refractivity (Wildman–Crippen MR) is 72.7 cm³/mol. The minimum atomic E-state index is -5.70. The van der Waals surface area contributed by atoms with Crippen LogP contribution in [0.15, 0.2) is 60.7 Å². The van der Waals surface area contributed by atoms with Crippen molar-refractivity contribution in [3.05, 3.63) is 71.8 Å². The van der Waals surface area contributed by atoms with Gasteiger partial charge in [-0.25, -0.2) is 0 Å². The highest BCUT2D eigenvalue weighted by atomic mass is 19.4. The lowest BCUT2D eigenvalue weighted by Crippen LogP contribution is -2.58. The highest BCUT2D eigenvalue weighted by molar-refractivity contribution is 5.31. The number of benzene rings is 2. The summed E-state index contributed by atoms with van der Waals surface area (Å²) in [5.74, 6) is -4.91. The van der Waals surface area contributed by atoms with Crippen LogP contribution in [0.4, 0.5) is 22.0 Å². The summed E-state index contributed by atoms with van der Waals surface area (Å²) in [7, 11) is 0. The molecule has 2 aromatic carbocycles. The topological polar surface area (TPSA) is 40.5 Å². The SMILES string of the molecule is O[C@@H](c1ccccc1)C(F)(F)[C@@](O)(c1ccccc1)C(F)(F)F. The number of hydrogen-bond acceptors (Lipinski definition) is 2. The molecule has 0 amide bonds. The molecule has 0 saturated carbocycles. The Kier molecular flexibility index (Phi) is 4.45. The molecule has 23 heavy (non-hydrogen) atoms. The first-order chi connectivity index (χ1) is 10.6. The lowest BCUT2D eigenvalue weighted by atomic mass is 9.82. The zero-order valence-electron chi connectivity index (χ0n) is 11.6. The molecule has 2 nitrogen and oxygen atoms in total. The fraction of sp³-hybridized carbons (Fsp3) is 0.250. The molecule has 2 aromatic rings. The highest BCUT2D eigenvalue weighted by Gasteiger charge is 2.72. The monoisotopic (exact) mass is 332 g/mol. The van der Waals surface area contributed by atoms with Gasteiger partial charge in [-0.1, -0.05) is 60.7 Å². The molecule has 2 atom stereocenters. The largest absolute Gasteiger partial charge is 0.427 e. The quantitative estimate of drug-likeness (QED) is 0.836. The van der Waals surface area contributed by atoms with Gasteiger partial charge in [0.1, 0.15) is 6.10 Å². The molecule has 0 heterocycles. The van der Waals surface area contributed by atoms with Gasteiger partial charge in [-0.2, -0.15) is 22.0 Å². The van der Waals surface area contributed by atoms with E-state index in [1.54, 1.807) is 0 Å². The molecule has 2 rings (SSSR count). The Bertz CT molecular complexity index is 643. The van der Waals surface area contributed by atoms with Crippen molar-refractivity contribution in [2.75, 3.05) is 0 Å². The van der Waals surface area contributed by atoms with Gasteiger partial charge in [0, 0.05) is 0 Å². The summed E-state index contributed by atoms with van der Waals surface area (Å²) in [5, 5.41) is 19.7. The summed E-state index contributed by atoms with van der Waals surface area (Å²) in [4.78, 5) is 0. The summed E-state index contributed by atoms with van der Waals surface area (Å²) in [6, 6.07) is 11.1. The third kappa shape index (κ3) is 2.82. The van der Waals surface area contributed by atoms with E-state index in [0.717, 1.165) is 36.4 Å². The van der Waals surface area contributed by atoms with E-state index in [9.17, 15) is 32.2 Å². The molecule has 0 aromatic heterocycles. The first-order valence-electron chi connectivity index (χ1n) is 6.58. The molecule has 0 radical (unpaired) electrons. The third-order valence-corrected chi connectivity index (χ3v) is 3.54. The highest BCUT2D eigenvalue weighted by Crippen LogP contribution is 2.53. The molecule has 124 valence electrons. The Morgan fingerprint density at radius 1 is 0.739 bits per heavy atom. The summed E-state index contributed by atoms with van der Waals surface area (Å²) in [5.41, 5.74) is -6.01. The first kappa shape index (κ1) is 17.4. The van der Waals surface area contributed by atoms with E-state index in [4.69, 9.17) is 0 Å². The first-order valence-corrected chi connectivity index (χ1v) is 6.58. The molecular weight excluding hydrogens is 319 g/mol. The summed E-state index contributed by atoms with van der Waals surface area (Å²) < 4.78 is 69.0. The van der Waals surface area contributed by atoms with Crippen LogP contribution in [-0.4, -0.2) is 22.3 Å². The Balaban J connectivity index is 2.59. The molecule has 0 aliphatic rings. The zero-order chi connectivity index (χ0) is 17.3. The van der Waals surface area contributed by atoms with Gasteiger partial charge in [-0.3, -0.25) is 0 Å². The summed E-state index contributed by atoms with van der Waals surface area (Å²) in [6.07, 6.45) is -8.54. The Morgan fingerprint density at radius 2 is 1.17 bits per heavy atom. The fourth-order valence-corrected chi connectivity index (χ4v) is 2.27. The van der Waals surface area contributed by atoms with Gasteiger partial charge >= 0.3 is 12.1 Å². The van der Waals surface area contributed by atoms with Crippen molar-refractivity contribution in [3.8, 4) is 0 Å². The average molecular weight is 332 g/mol. The third-order valence-electron chi connectivity index (χ3n) is 3.54. The van der Waals surface area contributed by atoms with E-state index in [-0.39, 0.29) is 0 Å². The normalized spacial score (nSPS) is 16.7. The van der Waals surface area contributed by atoms with E-state index >= 15 is 0 Å². The minimum absolute atomic E-state index is 0.434. The molecule has 0 aliphatic carbocycles. The molecule has 0 fully saturated rings. The lowest BCUT2D eigenvalue weighted by molar-refractivity contribution is -0.359. The van der Waals surface area contributed by atoms with Crippen molar-refractivity contribution < 1.29 is 32.2 Å². The van der Waals surface area contributed by atoms with Crippen LogP contribution in [-0.2, 0) is 5.60 Å². The van der Waals surface area contributed by atoms with Crippen molar-refractivity contribution in [2.24, 2.45) is 0 Å². The molecule has 0 bridgehead atoms. The Hall–Kier alpha value is -1.99. The van der Waals surface area contributed by atoms with Crippen LogP contribution in [0.2, 0.25) is 0 Å². The Labute approximate surface area is 128 Å². The second-order valence-corrected chi connectivity index (χ2v) is 5.01. The molecule has 2 N–H and O–H groups in total. The van der Waals surface area contributed by atoms with Crippen LogP contribution in [0.5, 0.6) is 0 Å². The van der Waals surface area contributed by atoms with Crippen LogP contribution in [0.3, 0.4) is 0 Å². The summed E-state index contributed by atoms with van der Waals surface area (Å²) in [6.45, 7) is 0.